The van der Waals surface area contributed by atoms with Crippen molar-refractivity contribution in [3.8, 4) is 5.75 Å². The van der Waals surface area contributed by atoms with Crippen LogP contribution in [0.15, 0.2) is 48.5 Å². The summed E-state index contributed by atoms with van der Waals surface area (Å²) in [5, 5.41) is 0. The Morgan fingerprint density at radius 2 is 1.68 bits per heavy atom. The molecule has 0 saturated heterocycles. The summed E-state index contributed by atoms with van der Waals surface area (Å²) in [4.78, 5) is 0. The van der Waals surface area contributed by atoms with Crippen molar-refractivity contribution in [2.75, 3.05) is 0 Å². The zero-order chi connectivity index (χ0) is 16.2. The molecule has 118 valence electrons. The molecule has 22 heavy (non-hydrogen) atoms. The van der Waals surface area contributed by atoms with E-state index in [0.29, 0.717) is 0 Å². The average molecular weight is 296 g/mol. The highest BCUT2D eigenvalue weighted by Gasteiger charge is 2.21. The van der Waals surface area contributed by atoms with Crippen LogP contribution in [0.3, 0.4) is 0 Å². The highest BCUT2D eigenvalue weighted by Crippen LogP contribution is 2.35. The molecule has 0 aromatic heterocycles. The fourth-order valence-electron chi connectivity index (χ4n) is 2.71. The van der Waals surface area contributed by atoms with Crippen LogP contribution in [0.4, 0.5) is 0 Å². The van der Waals surface area contributed by atoms with Crippen molar-refractivity contribution >= 4 is 0 Å². The lowest BCUT2D eigenvalue weighted by Crippen LogP contribution is -2.16. The summed E-state index contributed by atoms with van der Waals surface area (Å²) in [6.45, 7) is 11.1. The molecule has 1 nitrogen and oxygen atoms in total. The van der Waals surface area contributed by atoms with Crippen molar-refractivity contribution in [3.05, 3.63) is 65.2 Å². The first-order valence-corrected chi connectivity index (χ1v) is 8.24. The van der Waals surface area contributed by atoms with Gasteiger partial charge in [-0.1, -0.05) is 82.1 Å². The molecule has 0 aliphatic carbocycles. The van der Waals surface area contributed by atoms with E-state index in [-0.39, 0.29) is 11.5 Å². The van der Waals surface area contributed by atoms with Crippen LogP contribution in [-0.2, 0) is 5.41 Å². The van der Waals surface area contributed by atoms with Crippen LogP contribution in [0.2, 0.25) is 0 Å². The Morgan fingerprint density at radius 3 is 2.27 bits per heavy atom. The molecule has 0 aliphatic rings. The van der Waals surface area contributed by atoms with Gasteiger partial charge in [-0.2, -0.15) is 0 Å². The summed E-state index contributed by atoms with van der Waals surface area (Å²) in [7, 11) is 0. The quantitative estimate of drug-likeness (QED) is 0.637. The molecule has 1 heteroatoms. The minimum atomic E-state index is 0.0782. The maximum atomic E-state index is 6.45. The average Bonchev–Trinajstić information content (AvgIpc) is 2.48. The van der Waals surface area contributed by atoms with Crippen LogP contribution >= 0.6 is 0 Å². The first-order valence-electron chi connectivity index (χ1n) is 8.24. The van der Waals surface area contributed by atoms with Gasteiger partial charge in [-0.05, 0) is 36.0 Å². The van der Waals surface area contributed by atoms with Gasteiger partial charge >= 0.3 is 0 Å². The lowest BCUT2D eigenvalue weighted by Gasteiger charge is -2.27. The molecule has 0 fully saturated rings. The molecule has 0 radical (unpaired) electrons. The standard InChI is InChI=1S/C21H28O/c1-6-10-19(17-11-8-7-9-12-17)22-20-14-13-16(2)15-18(20)21(3,4)5/h7-9,11-15,19H,6,10H2,1-5H3/t19-/m1/s1. The number of hydrogen-bond donors (Lipinski definition) is 0. The Morgan fingerprint density at radius 1 is 1.00 bits per heavy atom. The molecule has 1 atom stereocenters. The molecule has 0 heterocycles. The Kier molecular flexibility index (Phi) is 5.28. The fraction of sp³-hybridized carbons (Fsp3) is 0.429. The Labute approximate surface area is 135 Å². The third-order valence-electron chi connectivity index (χ3n) is 3.93. The van der Waals surface area contributed by atoms with Crippen molar-refractivity contribution < 1.29 is 4.74 Å². The summed E-state index contributed by atoms with van der Waals surface area (Å²) >= 11 is 0. The second kappa shape index (κ2) is 7.00. The summed E-state index contributed by atoms with van der Waals surface area (Å²) in [6.07, 6.45) is 2.26. The van der Waals surface area contributed by atoms with Gasteiger partial charge in [0.25, 0.3) is 0 Å². The first kappa shape index (κ1) is 16.6. The molecule has 0 saturated carbocycles. The van der Waals surface area contributed by atoms with Gasteiger partial charge in [-0.25, -0.2) is 0 Å². The van der Waals surface area contributed by atoms with Gasteiger partial charge in [0.1, 0.15) is 11.9 Å². The molecule has 0 amide bonds. The second-order valence-electron chi connectivity index (χ2n) is 7.06. The summed E-state index contributed by atoms with van der Waals surface area (Å²) in [6, 6.07) is 17.1. The number of rotatable bonds is 5. The van der Waals surface area contributed by atoms with Crippen LogP contribution in [0.1, 0.15) is 63.3 Å². The fourth-order valence-corrected chi connectivity index (χ4v) is 2.71. The highest BCUT2D eigenvalue weighted by atomic mass is 16.5. The molecule has 0 spiro atoms. The molecule has 0 unspecified atom stereocenters. The van der Waals surface area contributed by atoms with Crippen LogP contribution in [0.25, 0.3) is 0 Å². The van der Waals surface area contributed by atoms with Crippen molar-refractivity contribution in [3.63, 3.8) is 0 Å². The Hall–Kier alpha value is -1.76. The maximum absolute atomic E-state index is 6.45. The van der Waals surface area contributed by atoms with Crippen molar-refractivity contribution in [1.29, 1.82) is 0 Å². The van der Waals surface area contributed by atoms with E-state index in [4.69, 9.17) is 4.74 Å². The van der Waals surface area contributed by atoms with Crippen LogP contribution in [0.5, 0.6) is 5.75 Å². The van der Waals surface area contributed by atoms with E-state index < -0.39 is 0 Å². The van der Waals surface area contributed by atoms with E-state index in [0.717, 1.165) is 18.6 Å². The van der Waals surface area contributed by atoms with E-state index >= 15 is 0 Å². The van der Waals surface area contributed by atoms with Crippen LogP contribution in [0, 0.1) is 6.92 Å². The smallest absolute Gasteiger partial charge is 0.124 e. The molecule has 2 aromatic carbocycles. The number of benzene rings is 2. The van der Waals surface area contributed by atoms with E-state index in [2.05, 4.69) is 83.1 Å². The minimum absolute atomic E-state index is 0.0782. The summed E-state index contributed by atoms with van der Waals surface area (Å²) < 4.78 is 6.45. The molecule has 0 aliphatic heterocycles. The van der Waals surface area contributed by atoms with Crippen molar-refractivity contribution in [1.82, 2.24) is 0 Å². The number of ether oxygens (including phenoxy) is 1. The van der Waals surface area contributed by atoms with E-state index in [9.17, 15) is 0 Å². The Balaban J connectivity index is 2.35. The zero-order valence-corrected chi connectivity index (χ0v) is 14.5. The molecule has 2 aromatic rings. The van der Waals surface area contributed by atoms with Gasteiger partial charge in [0.2, 0.25) is 0 Å². The minimum Gasteiger partial charge on any atom is -0.485 e. The lowest BCUT2D eigenvalue weighted by molar-refractivity contribution is 0.189. The van der Waals surface area contributed by atoms with Crippen molar-refractivity contribution in [2.45, 2.75) is 59.0 Å². The number of aryl methyl sites for hydroxylation is 1. The first-order chi connectivity index (χ1) is 10.4. The molecule has 0 bridgehead atoms. The summed E-state index contributed by atoms with van der Waals surface area (Å²) in [5.74, 6) is 1.01. The largest absolute Gasteiger partial charge is 0.485 e. The van der Waals surface area contributed by atoms with Crippen LogP contribution < -0.4 is 4.74 Å². The van der Waals surface area contributed by atoms with Gasteiger partial charge < -0.3 is 4.74 Å². The van der Waals surface area contributed by atoms with Crippen LogP contribution in [-0.4, -0.2) is 0 Å². The predicted molar refractivity (Wildman–Crippen MR) is 94.6 cm³/mol. The predicted octanol–water partition coefficient (Wildman–Crippen LogP) is 6.21. The molecular weight excluding hydrogens is 268 g/mol. The van der Waals surface area contributed by atoms with Gasteiger partial charge in [0.05, 0.1) is 0 Å². The molecular formula is C21H28O. The monoisotopic (exact) mass is 296 g/mol. The molecule has 0 N–H and O–H groups in total. The summed E-state index contributed by atoms with van der Waals surface area (Å²) in [5.41, 5.74) is 3.90. The third-order valence-corrected chi connectivity index (χ3v) is 3.93. The topological polar surface area (TPSA) is 9.23 Å². The van der Waals surface area contributed by atoms with E-state index in [1.807, 2.05) is 0 Å². The maximum Gasteiger partial charge on any atom is 0.124 e. The third kappa shape index (κ3) is 4.13. The highest BCUT2D eigenvalue weighted by molar-refractivity contribution is 5.41. The van der Waals surface area contributed by atoms with E-state index in [1.54, 1.807) is 0 Å². The Bertz CT molecular complexity index is 593. The van der Waals surface area contributed by atoms with Gasteiger partial charge in [0.15, 0.2) is 0 Å². The number of hydrogen-bond acceptors (Lipinski definition) is 1. The van der Waals surface area contributed by atoms with Gasteiger partial charge in [-0.3, -0.25) is 0 Å². The van der Waals surface area contributed by atoms with E-state index in [1.165, 1.54) is 16.7 Å². The van der Waals surface area contributed by atoms with Gasteiger partial charge in [-0.15, -0.1) is 0 Å². The lowest BCUT2D eigenvalue weighted by atomic mass is 9.85. The SMILES string of the molecule is CCC[C@@H](Oc1ccc(C)cc1C(C)(C)C)c1ccccc1. The normalized spacial score (nSPS) is 13.0. The van der Waals surface area contributed by atoms with Crippen molar-refractivity contribution in [2.24, 2.45) is 0 Å². The molecule has 2 rings (SSSR count). The zero-order valence-electron chi connectivity index (χ0n) is 14.5. The second-order valence-corrected chi connectivity index (χ2v) is 7.06. The van der Waals surface area contributed by atoms with Gasteiger partial charge in [0, 0.05) is 0 Å².